The third-order valence-corrected chi connectivity index (χ3v) is 2.91. The van der Waals surface area contributed by atoms with E-state index in [0.29, 0.717) is 17.9 Å². The van der Waals surface area contributed by atoms with Gasteiger partial charge in [0.15, 0.2) is 0 Å². The van der Waals surface area contributed by atoms with Gasteiger partial charge in [-0.25, -0.2) is 0 Å². The fourth-order valence-electron chi connectivity index (χ4n) is 1.88. The predicted molar refractivity (Wildman–Crippen MR) is 73.3 cm³/mol. The molecule has 0 N–H and O–H groups in total. The molecule has 2 aromatic carbocycles. The van der Waals surface area contributed by atoms with E-state index in [1.807, 2.05) is 43.3 Å². The largest absolute Gasteiger partial charge is 0.488 e. The van der Waals surface area contributed by atoms with Gasteiger partial charge in [-0.15, -0.1) is 0 Å². The number of nitrogens with zero attached hydrogens (tertiary/aromatic N) is 1. The summed E-state index contributed by atoms with van der Waals surface area (Å²) in [6.45, 7) is 3.93. The lowest BCUT2D eigenvalue weighted by Crippen LogP contribution is -2.00. The van der Waals surface area contributed by atoms with E-state index in [9.17, 15) is 10.1 Å². The first-order valence-electron chi connectivity index (χ1n) is 6.00. The van der Waals surface area contributed by atoms with E-state index in [-0.39, 0.29) is 10.6 Å². The van der Waals surface area contributed by atoms with Crippen LogP contribution in [0.1, 0.15) is 16.7 Å². The third-order valence-electron chi connectivity index (χ3n) is 2.91. The van der Waals surface area contributed by atoms with Gasteiger partial charge in [0.25, 0.3) is 5.69 Å². The summed E-state index contributed by atoms with van der Waals surface area (Å²) >= 11 is 0. The Morgan fingerprint density at radius 3 is 2.47 bits per heavy atom. The minimum absolute atomic E-state index is 0.100. The second kappa shape index (κ2) is 5.52. The zero-order valence-electron chi connectivity index (χ0n) is 10.9. The van der Waals surface area contributed by atoms with E-state index in [1.54, 1.807) is 13.0 Å². The van der Waals surface area contributed by atoms with Crippen LogP contribution in [0.15, 0.2) is 42.5 Å². The molecule has 0 atom stereocenters. The van der Waals surface area contributed by atoms with Crippen molar-refractivity contribution in [1.82, 2.24) is 0 Å². The lowest BCUT2D eigenvalue weighted by atomic mass is 10.1. The van der Waals surface area contributed by atoms with Crippen LogP contribution in [0.5, 0.6) is 5.75 Å². The van der Waals surface area contributed by atoms with Crippen LogP contribution in [0.3, 0.4) is 0 Å². The molecule has 19 heavy (non-hydrogen) atoms. The highest BCUT2D eigenvalue weighted by molar-refractivity contribution is 5.51. The first kappa shape index (κ1) is 13.1. The zero-order chi connectivity index (χ0) is 13.8. The van der Waals surface area contributed by atoms with Crippen molar-refractivity contribution >= 4 is 5.69 Å². The van der Waals surface area contributed by atoms with Crippen LogP contribution in [-0.2, 0) is 6.61 Å². The zero-order valence-corrected chi connectivity index (χ0v) is 10.9. The van der Waals surface area contributed by atoms with Gasteiger partial charge in [-0.05, 0) is 31.0 Å². The van der Waals surface area contributed by atoms with E-state index in [0.717, 1.165) is 11.1 Å². The molecule has 0 saturated carbocycles. The topological polar surface area (TPSA) is 52.4 Å². The smallest absolute Gasteiger partial charge is 0.276 e. The average Bonchev–Trinajstić information content (AvgIpc) is 2.40. The van der Waals surface area contributed by atoms with Crippen molar-refractivity contribution in [1.29, 1.82) is 0 Å². The van der Waals surface area contributed by atoms with Gasteiger partial charge in [0.1, 0.15) is 12.4 Å². The molecule has 0 spiro atoms. The van der Waals surface area contributed by atoms with Crippen LogP contribution in [-0.4, -0.2) is 4.92 Å². The Hall–Kier alpha value is -2.36. The molecule has 0 unspecified atom stereocenters. The number of benzene rings is 2. The Morgan fingerprint density at radius 1 is 1.16 bits per heavy atom. The van der Waals surface area contributed by atoms with Gasteiger partial charge >= 0.3 is 0 Å². The lowest BCUT2D eigenvalue weighted by molar-refractivity contribution is -0.385. The summed E-state index contributed by atoms with van der Waals surface area (Å²) in [4.78, 5) is 10.6. The summed E-state index contributed by atoms with van der Waals surface area (Å²) in [6, 6.07) is 13.1. The normalized spacial score (nSPS) is 10.2. The molecule has 0 aliphatic rings. The Bertz CT molecular complexity index is 594. The predicted octanol–water partition coefficient (Wildman–Crippen LogP) is 3.79. The number of hydrogen-bond acceptors (Lipinski definition) is 3. The van der Waals surface area contributed by atoms with Gasteiger partial charge in [-0.1, -0.05) is 30.3 Å². The average molecular weight is 257 g/mol. The van der Waals surface area contributed by atoms with Crippen molar-refractivity contribution in [2.24, 2.45) is 0 Å². The monoisotopic (exact) mass is 257 g/mol. The van der Waals surface area contributed by atoms with Crippen molar-refractivity contribution in [3.05, 3.63) is 69.3 Å². The molecule has 98 valence electrons. The summed E-state index contributed by atoms with van der Waals surface area (Å²) in [5, 5.41) is 11.0. The Kier molecular flexibility index (Phi) is 3.80. The van der Waals surface area contributed by atoms with E-state index in [2.05, 4.69) is 0 Å². The van der Waals surface area contributed by atoms with Crippen molar-refractivity contribution in [2.75, 3.05) is 0 Å². The fraction of sp³-hybridized carbons (Fsp3) is 0.200. The maximum absolute atomic E-state index is 11.0. The van der Waals surface area contributed by atoms with Crippen molar-refractivity contribution < 1.29 is 9.66 Å². The van der Waals surface area contributed by atoms with Crippen molar-refractivity contribution in [3.8, 4) is 5.75 Å². The van der Waals surface area contributed by atoms with Gasteiger partial charge in [-0.3, -0.25) is 10.1 Å². The molecule has 0 saturated heterocycles. The molecular formula is C15H15NO3. The molecule has 0 heterocycles. The molecule has 0 radical (unpaired) electrons. The molecule has 4 nitrogen and oxygen atoms in total. The fourth-order valence-corrected chi connectivity index (χ4v) is 1.88. The maximum Gasteiger partial charge on any atom is 0.276 e. The van der Waals surface area contributed by atoms with Crippen LogP contribution in [0.25, 0.3) is 0 Å². The summed E-state index contributed by atoms with van der Waals surface area (Å²) in [7, 11) is 0. The second-order valence-electron chi connectivity index (χ2n) is 4.44. The number of nitro groups is 1. The number of hydrogen-bond donors (Lipinski definition) is 0. The number of nitro benzene ring substituents is 1. The molecule has 0 fully saturated rings. The van der Waals surface area contributed by atoms with Crippen LogP contribution in [0.2, 0.25) is 0 Å². The second-order valence-corrected chi connectivity index (χ2v) is 4.44. The maximum atomic E-state index is 11.0. The first-order valence-corrected chi connectivity index (χ1v) is 6.00. The highest BCUT2D eigenvalue weighted by Crippen LogP contribution is 2.29. The number of ether oxygens (including phenoxy) is 1. The molecule has 0 aliphatic carbocycles. The van der Waals surface area contributed by atoms with E-state index in [4.69, 9.17) is 4.74 Å². The standard InChI is InChI=1S/C15H15NO3/c1-11-8-14(16(17)18)12(2)15(9-11)19-10-13-6-4-3-5-7-13/h3-9H,10H2,1-2H3. The van der Waals surface area contributed by atoms with Crippen molar-refractivity contribution in [2.45, 2.75) is 20.5 Å². The summed E-state index contributed by atoms with van der Waals surface area (Å²) in [5.74, 6) is 0.565. The summed E-state index contributed by atoms with van der Waals surface area (Å²) in [5.41, 5.74) is 2.51. The van der Waals surface area contributed by atoms with E-state index in [1.165, 1.54) is 0 Å². The minimum Gasteiger partial charge on any atom is -0.488 e. The van der Waals surface area contributed by atoms with Crippen LogP contribution in [0, 0.1) is 24.0 Å². The molecule has 0 aromatic heterocycles. The quantitative estimate of drug-likeness (QED) is 0.618. The summed E-state index contributed by atoms with van der Waals surface area (Å²) < 4.78 is 5.69. The van der Waals surface area contributed by atoms with Gasteiger partial charge in [0, 0.05) is 6.07 Å². The molecule has 0 bridgehead atoms. The SMILES string of the molecule is Cc1cc(OCc2ccccc2)c(C)c([N+](=O)[O-])c1. The Labute approximate surface area is 111 Å². The molecule has 0 aliphatic heterocycles. The molecular weight excluding hydrogens is 242 g/mol. The highest BCUT2D eigenvalue weighted by atomic mass is 16.6. The summed E-state index contributed by atoms with van der Waals surface area (Å²) in [6.07, 6.45) is 0. The van der Waals surface area contributed by atoms with Gasteiger partial charge < -0.3 is 4.74 Å². The Morgan fingerprint density at radius 2 is 1.84 bits per heavy atom. The highest BCUT2D eigenvalue weighted by Gasteiger charge is 2.15. The lowest BCUT2D eigenvalue weighted by Gasteiger charge is -2.10. The number of aryl methyl sites for hydroxylation is 1. The first-order chi connectivity index (χ1) is 9.08. The van der Waals surface area contributed by atoms with Gasteiger partial charge in [0.2, 0.25) is 0 Å². The third kappa shape index (κ3) is 3.10. The van der Waals surface area contributed by atoms with Gasteiger partial charge in [-0.2, -0.15) is 0 Å². The molecule has 2 aromatic rings. The van der Waals surface area contributed by atoms with Crippen LogP contribution in [0.4, 0.5) is 5.69 Å². The minimum atomic E-state index is -0.377. The van der Waals surface area contributed by atoms with Gasteiger partial charge in [0.05, 0.1) is 10.5 Å². The van der Waals surface area contributed by atoms with Crippen molar-refractivity contribution in [3.63, 3.8) is 0 Å². The molecule has 0 amide bonds. The van der Waals surface area contributed by atoms with E-state index >= 15 is 0 Å². The van der Waals surface area contributed by atoms with E-state index < -0.39 is 0 Å². The molecule has 2 rings (SSSR count). The van der Waals surface area contributed by atoms with Crippen LogP contribution < -0.4 is 4.74 Å². The number of rotatable bonds is 4. The Balaban J connectivity index is 2.23. The molecule has 4 heteroatoms. The van der Waals surface area contributed by atoms with Crippen LogP contribution >= 0.6 is 0 Å².